The summed E-state index contributed by atoms with van der Waals surface area (Å²) in [6.07, 6.45) is -0.365. The molecule has 1 unspecified atom stereocenters. The van der Waals surface area contributed by atoms with E-state index in [9.17, 15) is 0 Å². The predicted molar refractivity (Wildman–Crippen MR) is 204 cm³/mol. The molecule has 10 rings (SSSR count). The van der Waals surface area contributed by atoms with E-state index >= 15 is 0 Å². The summed E-state index contributed by atoms with van der Waals surface area (Å²) in [5.74, 6) is 1.38. The van der Waals surface area contributed by atoms with Gasteiger partial charge in [-0.15, -0.1) is 0 Å². The fourth-order valence-corrected chi connectivity index (χ4v) is 7.20. The summed E-state index contributed by atoms with van der Waals surface area (Å²) in [5.41, 5.74) is 10.5. The van der Waals surface area contributed by atoms with E-state index in [-0.39, 0.29) is 6.17 Å². The van der Waals surface area contributed by atoms with Gasteiger partial charge in [0.05, 0.1) is 0 Å². The molecule has 0 saturated carbocycles. The summed E-state index contributed by atoms with van der Waals surface area (Å²) in [7, 11) is 0. The Morgan fingerprint density at radius 3 is 1.90 bits per heavy atom. The van der Waals surface area contributed by atoms with Gasteiger partial charge in [-0.25, -0.2) is 9.98 Å². The second-order valence-electron chi connectivity index (χ2n) is 12.6. The van der Waals surface area contributed by atoms with Crippen LogP contribution in [0.5, 0.6) is 0 Å². The first-order valence-corrected chi connectivity index (χ1v) is 16.8. The molecule has 0 aliphatic carbocycles. The summed E-state index contributed by atoms with van der Waals surface area (Å²) in [5, 5.41) is 7.79. The van der Waals surface area contributed by atoms with Gasteiger partial charge in [0, 0.05) is 38.2 Å². The minimum atomic E-state index is -0.365. The lowest BCUT2D eigenvalue weighted by Gasteiger charge is -2.25. The Morgan fingerprint density at radius 2 is 1.10 bits per heavy atom. The van der Waals surface area contributed by atoms with Crippen LogP contribution in [-0.2, 0) is 0 Å². The molecule has 3 heterocycles. The minimum Gasteiger partial charge on any atom is -0.456 e. The third-order valence-electron chi connectivity index (χ3n) is 9.58. The van der Waals surface area contributed by atoms with Gasteiger partial charge in [0.25, 0.3) is 0 Å². The third-order valence-corrected chi connectivity index (χ3v) is 9.58. The molecule has 1 atom stereocenters. The van der Waals surface area contributed by atoms with Crippen LogP contribution >= 0.6 is 0 Å². The van der Waals surface area contributed by atoms with Crippen molar-refractivity contribution in [2.45, 2.75) is 6.17 Å². The number of para-hydroxylation sites is 3. The lowest BCUT2D eigenvalue weighted by Crippen LogP contribution is -2.33. The fraction of sp³-hybridized carbons (Fsp3) is 0.0222. The van der Waals surface area contributed by atoms with Crippen molar-refractivity contribution in [1.29, 1.82) is 0 Å². The zero-order valence-corrected chi connectivity index (χ0v) is 26.9. The number of nitrogens with one attached hydrogen (secondary N) is 1. The highest BCUT2D eigenvalue weighted by Crippen LogP contribution is 2.42. The molecule has 0 bridgehead atoms. The summed E-state index contributed by atoms with van der Waals surface area (Å²) in [6.45, 7) is 0. The van der Waals surface area contributed by atoms with Crippen LogP contribution in [0.15, 0.2) is 183 Å². The van der Waals surface area contributed by atoms with Crippen molar-refractivity contribution in [2.24, 2.45) is 9.98 Å². The molecule has 1 aliphatic rings. The Morgan fingerprint density at radius 1 is 0.460 bits per heavy atom. The van der Waals surface area contributed by atoms with E-state index in [1.165, 1.54) is 5.56 Å². The molecule has 1 aliphatic heterocycles. The molecule has 50 heavy (non-hydrogen) atoms. The number of fused-ring (bicyclic) bond motifs is 6. The molecule has 7 aromatic carbocycles. The summed E-state index contributed by atoms with van der Waals surface area (Å²) in [6, 6.07) is 56.2. The molecule has 2 aromatic heterocycles. The lowest BCUT2D eigenvalue weighted by molar-refractivity contribution is 0.667. The molecule has 9 aromatic rings. The zero-order valence-electron chi connectivity index (χ0n) is 26.9. The number of benzene rings is 7. The van der Waals surface area contributed by atoms with Crippen molar-refractivity contribution < 1.29 is 8.83 Å². The Balaban J connectivity index is 1.24. The first-order chi connectivity index (χ1) is 24.8. The average Bonchev–Trinajstić information content (AvgIpc) is 3.77. The molecule has 0 radical (unpaired) electrons. The highest BCUT2D eigenvalue weighted by atomic mass is 16.3. The minimum absolute atomic E-state index is 0.365. The van der Waals surface area contributed by atoms with Gasteiger partial charge in [-0.1, -0.05) is 140 Å². The number of rotatable bonds is 5. The summed E-state index contributed by atoms with van der Waals surface area (Å²) < 4.78 is 13.0. The molecule has 1 N–H and O–H groups in total. The molecule has 0 fully saturated rings. The number of aliphatic imine (C=N–C) groups is 2. The van der Waals surface area contributed by atoms with Crippen LogP contribution in [0.2, 0.25) is 0 Å². The summed E-state index contributed by atoms with van der Waals surface area (Å²) >= 11 is 0. The smallest absolute Gasteiger partial charge is 0.160 e. The maximum atomic E-state index is 6.58. The van der Waals surface area contributed by atoms with Gasteiger partial charge in [0.15, 0.2) is 5.84 Å². The zero-order chi connectivity index (χ0) is 33.0. The molecule has 0 spiro atoms. The normalized spacial score (nSPS) is 14.6. The molecule has 5 nitrogen and oxygen atoms in total. The second kappa shape index (κ2) is 11.5. The lowest BCUT2D eigenvalue weighted by atomic mass is 9.93. The third kappa shape index (κ3) is 4.63. The predicted octanol–water partition coefficient (Wildman–Crippen LogP) is 11.3. The van der Waals surface area contributed by atoms with Crippen molar-refractivity contribution in [3.8, 4) is 22.3 Å². The van der Waals surface area contributed by atoms with Crippen LogP contribution < -0.4 is 5.32 Å². The maximum absolute atomic E-state index is 6.58. The van der Waals surface area contributed by atoms with Gasteiger partial charge >= 0.3 is 0 Å². The Hall–Kier alpha value is -6.72. The Kier molecular flexibility index (Phi) is 6.49. The highest BCUT2D eigenvalue weighted by molar-refractivity contribution is 6.25. The molecule has 0 saturated heterocycles. The van der Waals surface area contributed by atoms with Crippen molar-refractivity contribution in [3.63, 3.8) is 0 Å². The van der Waals surface area contributed by atoms with Gasteiger partial charge in [0.1, 0.15) is 34.3 Å². The largest absolute Gasteiger partial charge is 0.456 e. The monoisotopic (exact) mass is 643 g/mol. The highest BCUT2D eigenvalue weighted by Gasteiger charge is 2.27. The number of hydrogen-bond acceptors (Lipinski definition) is 5. The Labute approximate surface area is 287 Å². The molecular weight excluding hydrogens is 615 g/mol. The van der Waals surface area contributed by atoms with Crippen LogP contribution in [0.3, 0.4) is 0 Å². The fourth-order valence-electron chi connectivity index (χ4n) is 7.20. The SMILES string of the molecule is c1ccc(-c2ccc(C3=NC(c4c(-c5cccc6c5oc5ccccc56)ccc5oc6ccccc6c45)=NC(c4ccccc4)N3)cc2)cc1. The number of hydrogen-bond donors (Lipinski definition) is 1. The molecular formula is C45H29N3O2. The standard InChI is InChI=1S/C45H29N3O2/c1-3-12-28(13-4-1)29-22-24-31(25-23-29)44-46-43(30-14-5-2-6-15-30)47-45(48-44)41-33(26-27-39-40(41)36-17-8-10-21-38(36)49-39)35-19-11-18-34-32-16-7-9-20-37(32)50-42(34)35/h1-27,43H,(H,46,47,48). The topological polar surface area (TPSA) is 63.0 Å². The van der Waals surface area contributed by atoms with Gasteiger partial charge in [0.2, 0.25) is 0 Å². The molecule has 0 amide bonds. The molecule has 5 heteroatoms. The average molecular weight is 644 g/mol. The van der Waals surface area contributed by atoms with Crippen molar-refractivity contribution in [2.75, 3.05) is 0 Å². The van der Waals surface area contributed by atoms with Crippen molar-refractivity contribution in [1.82, 2.24) is 5.32 Å². The van der Waals surface area contributed by atoms with Crippen LogP contribution in [0, 0.1) is 0 Å². The first kappa shape index (κ1) is 28.3. The van der Waals surface area contributed by atoms with Gasteiger partial charge in [-0.2, -0.15) is 0 Å². The number of amidine groups is 2. The van der Waals surface area contributed by atoms with E-state index in [1.54, 1.807) is 0 Å². The Bertz CT molecular complexity index is 2770. The number of furan rings is 2. The van der Waals surface area contributed by atoms with Crippen molar-refractivity contribution >= 4 is 55.5 Å². The summed E-state index contributed by atoms with van der Waals surface area (Å²) in [4.78, 5) is 10.7. The van der Waals surface area contributed by atoms with Gasteiger partial charge in [-0.05, 0) is 46.5 Å². The van der Waals surface area contributed by atoms with E-state index in [4.69, 9.17) is 18.8 Å². The van der Waals surface area contributed by atoms with E-state index in [0.717, 1.165) is 83.1 Å². The van der Waals surface area contributed by atoms with Crippen molar-refractivity contribution in [3.05, 3.63) is 180 Å². The molecule has 236 valence electrons. The van der Waals surface area contributed by atoms with E-state index < -0.39 is 0 Å². The van der Waals surface area contributed by atoms with E-state index in [1.807, 2.05) is 54.6 Å². The first-order valence-electron chi connectivity index (χ1n) is 16.8. The van der Waals surface area contributed by atoms with E-state index in [0.29, 0.717) is 5.84 Å². The van der Waals surface area contributed by atoms with Crippen LogP contribution in [-0.4, -0.2) is 11.7 Å². The quantitative estimate of drug-likeness (QED) is 0.203. The van der Waals surface area contributed by atoms with Gasteiger partial charge < -0.3 is 14.2 Å². The van der Waals surface area contributed by atoms with Gasteiger partial charge in [-0.3, -0.25) is 0 Å². The van der Waals surface area contributed by atoms with Crippen LogP contribution in [0.1, 0.15) is 22.9 Å². The van der Waals surface area contributed by atoms with Crippen LogP contribution in [0.4, 0.5) is 0 Å². The van der Waals surface area contributed by atoms with E-state index in [2.05, 4.69) is 115 Å². The van der Waals surface area contributed by atoms with Crippen LogP contribution in [0.25, 0.3) is 66.1 Å². The number of nitrogens with zero attached hydrogens (tertiary/aromatic N) is 2. The maximum Gasteiger partial charge on any atom is 0.160 e. The second-order valence-corrected chi connectivity index (χ2v) is 12.6.